The number of hydrogen-bond acceptors (Lipinski definition) is 3. The minimum atomic E-state index is 0. The van der Waals surface area contributed by atoms with Gasteiger partial charge in [0.05, 0.1) is 13.7 Å². The third-order valence-electron chi connectivity index (χ3n) is 3.48. The Kier molecular flexibility index (Phi) is 7.49. The van der Waals surface area contributed by atoms with Crippen molar-refractivity contribution in [2.75, 3.05) is 27.2 Å². The molecule has 1 aromatic carbocycles. The van der Waals surface area contributed by atoms with Crippen LogP contribution in [0, 0.1) is 5.92 Å². The lowest BCUT2D eigenvalue weighted by atomic mass is 10.2. The lowest BCUT2D eigenvalue weighted by molar-refractivity contribution is -0.129. The second kappa shape index (κ2) is 8.61. The molecule has 1 aromatic rings. The van der Waals surface area contributed by atoms with Crippen molar-refractivity contribution >= 4 is 34.2 Å². The molecule has 0 radical (unpaired) electrons. The van der Waals surface area contributed by atoms with Gasteiger partial charge in [-0.25, -0.2) is 0 Å². The van der Waals surface area contributed by atoms with Crippen LogP contribution in [0.15, 0.2) is 22.7 Å². The molecule has 0 spiro atoms. The molecule has 1 aliphatic rings. The highest BCUT2D eigenvalue weighted by Gasteiger charge is 2.21. The lowest BCUT2D eigenvalue weighted by Crippen LogP contribution is -2.35. The SMILES string of the molecule is COc1ccc(Br)cc1CN(C)C(=O)CNCC1CC1.Cl. The van der Waals surface area contributed by atoms with E-state index in [4.69, 9.17) is 4.74 Å². The first-order chi connectivity index (χ1) is 9.60. The Bertz CT molecular complexity index is 481. The van der Waals surface area contributed by atoms with E-state index in [0.717, 1.165) is 28.2 Å². The number of benzene rings is 1. The van der Waals surface area contributed by atoms with Gasteiger partial charge in [0.25, 0.3) is 0 Å². The summed E-state index contributed by atoms with van der Waals surface area (Å²) in [6.07, 6.45) is 2.60. The minimum absolute atomic E-state index is 0. The van der Waals surface area contributed by atoms with Crippen LogP contribution in [-0.4, -0.2) is 38.1 Å². The Hall–Kier alpha value is -0.780. The van der Waals surface area contributed by atoms with Gasteiger partial charge in [0.2, 0.25) is 5.91 Å². The number of methoxy groups -OCH3 is 1. The van der Waals surface area contributed by atoms with E-state index >= 15 is 0 Å². The van der Waals surface area contributed by atoms with Crippen LogP contribution in [0.5, 0.6) is 5.75 Å². The van der Waals surface area contributed by atoms with Gasteiger partial charge >= 0.3 is 0 Å². The van der Waals surface area contributed by atoms with Gasteiger partial charge in [-0.3, -0.25) is 4.79 Å². The summed E-state index contributed by atoms with van der Waals surface area (Å²) >= 11 is 3.45. The number of likely N-dealkylation sites (N-methyl/N-ethyl adjacent to an activating group) is 1. The molecule has 1 fully saturated rings. The minimum Gasteiger partial charge on any atom is -0.496 e. The Labute approximate surface area is 140 Å². The molecule has 4 nitrogen and oxygen atoms in total. The van der Waals surface area contributed by atoms with Crippen LogP contribution >= 0.6 is 28.3 Å². The molecule has 6 heteroatoms. The molecule has 0 atom stereocenters. The van der Waals surface area contributed by atoms with Crippen LogP contribution in [0.1, 0.15) is 18.4 Å². The van der Waals surface area contributed by atoms with Crippen molar-refractivity contribution < 1.29 is 9.53 Å². The molecular formula is C15H22BrClN2O2. The summed E-state index contributed by atoms with van der Waals surface area (Å²) in [6.45, 7) is 1.91. The Morgan fingerprint density at radius 2 is 2.19 bits per heavy atom. The molecule has 0 bridgehead atoms. The van der Waals surface area contributed by atoms with Gasteiger partial charge in [0.1, 0.15) is 5.75 Å². The van der Waals surface area contributed by atoms with E-state index in [1.807, 2.05) is 25.2 Å². The summed E-state index contributed by atoms with van der Waals surface area (Å²) in [7, 11) is 3.47. The number of amides is 1. The molecule has 1 saturated carbocycles. The highest BCUT2D eigenvalue weighted by atomic mass is 79.9. The molecule has 1 amide bonds. The Balaban J connectivity index is 0.00000220. The van der Waals surface area contributed by atoms with Crippen LogP contribution in [0.3, 0.4) is 0 Å². The molecule has 118 valence electrons. The molecule has 21 heavy (non-hydrogen) atoms. The van der Waals surface area contributed by atoms with Crippen molar-refractivity contribution in [3.05, 3.63) is 28.2 Å². The monoisotopic (exact) mass is 376 g/mol. The Morgan fingerprint density at radius 1 is 1.48 bits per heavy atom. The number of nitrogens with zero attached hydrogens (tertiary/aromatic N) is 1. The second-order valence-electron chi connectivity index (χ2n) is 5.28. The van der Waals surface area contributed by atoms with Gasteiger partial charge in [-0.05, 0) is 43.5 Å². The topological polar surface area (TPSA) is 41.6 Å². The average molecular weight is 378 g/mol. The first kappa shape index (κ1) is 18.3. The Morgan fingerprint density at radius 3 is 2.81 bits per heavy atom. The van der Waals surface area contributed by atoms with Crippen LogP contribution in [-0.2, 0) is 11.3 Å². The highest BCUT2D eigenvalue weighted by molar-refractivity contribution is 9.10. The molecule has 0 heterocycles. The van der Waals surface area contributed by atoms with Gasteiger partial charge in [-0.15, -0.1) is 12.4 Å². The van der Waals surface area contributed by atoms with Crippen LogP contribution in [0.4, 0.5) is 0 Å². The van der Waals surface area contributed by atoms with Crippen molar-refractivity contribution in [1.82, 2.24) is 10.2 Å². The van der Waals surface area contributed by atoms with E-state index in [1.165, 1.54) is 12.8 Å². The zero-order valence-electron chi connectivity index (χ0n) is 12.4. The van der Waals surface area contributed by atoms with E-state index in [1.54, 1.807) is 12.0 Å². The van der Waals surface area contributed by atoms with E-state index < -0.39 is 0 Å². The number of rotatable bonds is 7. The third kappa shape index (κ3) is 5.85. The maximum absolute atomic E-state index is 12.0. The summed E-state index contributed by atoms with van der Waals surface area (Å²) < 4.78 is 6.31. The van der Waals surface area contributed by atoms with Crippen molar-refractivity contribution in [2.45, 2.75) is 19.4 Å². The number of hydrogen-bond donors (Lipinski definition) is 1. The smallest absolute Gasteiger partial charge is 0.236 e. The zero-order chi connectivity index (χ0) is 14.5. The molecule has 1 N–H and O–H groups in total. The summed E-state index contributed by atoms with van der Waals surface area (Å²) in [5, 5.41) is 3.22. The maximum atomic E-state index is 12.0. The zero-order valence-corrected chi connectivity index (χ0v) is 14.8. The molecule has 0 saturated heterocycles. The number of carbonyl (C=O) groups is 1. The molecule has 2 rings (SSSR count). The number of ether oxygens (including phenoxy) is 1. The van der Waals surface area contributed by atoms with Crippen LogP contribution in [0.25, 0.3) is 0 Å². The van der Waals surface area contributed by atoms with E-state index in [9.17, 15) is 4.79 Å². The summed E-state index contributed by atoms with van der Waals surface area (Å²) in [6, 6.07) is 5.82. The summed E-state index contributed by atoms with van der Waals surface area (Å²) in [5.74, 6) is 1.70. The van der Waals surface area contributed by atoms with Crippen molar-refractivity contribution in [3.8, 4) is 5.75 Å². The van der Waals surface area contributed by atoms with Crippen LogP contribution in [0.2, 0.25) is 0 Å². The van der Waals surface area contributed by atoms with Gasteiger partial charge in [0, 0.05) is 23.6 Å². The highest BCUT2D eigenvalue weighted by Crippen LogP contribution is 2.27. The standard InChI is InChI=1S/C15H21BrN2O2.ClH/c1-18(15(19)9-17-8-11-3-4-11)10-12-7-13(16)5-6-14(12)20-2;/h5-7,11,17H,3-4,8-10H2,1-2H3;1H. The van der Waals surface area contributed by atoms with Gasteiger partial charge in [0.15, 0.2) is 0 Å². The average Bonchev–Trinajstić information content (AvgIpc) is 3.23. The molecule has 0 aromatic heterocycles. The van der Waals surface area contributed by atoms with E-state index in [0.29, 0.717) is 13.1 Å². The fourth-order valence-corrected chi connectivity index (χ4v) is 2.46. The second-order valence-corrected chi connectivity index (χ2v) is 6.20. The van der Waals surface area contributed by atoms with Crippen molar-refractivity contribution in [1.29, 1.82) is 0 Å². The first-order valence-corrected chi connectivity index (χ1v) is 7.66. The fourth-order valence-electron chi connectivity index (χ4n) is 2.05. The molecule has 0 unspecified atom stereocenters. The molecular weight excluding hydrogens is 356 g/mol. The number of halogens is 2. The summed E-state index contributed by atoms with van der Waals surface area (Å²) in [5.41, 5.74) is 1.000. The van der Waals surface area contributed by atoms with E-state index in [2.05, 4.69) is 21.2 Å². The predicted octanol–water partition coefficient (Wildman–Crippen LogP) is 2.84. The lowest BCUT2D eigenvalue weighted by Gasteiger charge is -2.19. The quantitative estimate of drug-likeness (QED) is 0.794. The summed E-state index contributed by atoms with van der Waals surface area (Å²) in [4.78, 5) is 13.8. The van der Waals surface area contributed by atoms with Gasteiger partial charge < -0.3 is 15.0 Å². The number of nitrogens with one attached hydrogen (secondary N) is 1. The van der Waals surface area contributed by atoms with Crippen molar-refractivity contribution in [2.24, 2.45) is 5.92 Å². The number of carbonyl (C=O) groups excluding carboxylic acids is 1. The van der Waals surface area contributed by atoms with E-state index in [-0.39, 0.29) is 18.3 Å². The van der Waals surface area contributed by atoms with Gasteiger partial charge in [-0.2, -0.15) is 0 Å². The first-order valence-electron chi connectivity index (χ1n) is 6.87. The fraction of sp³-hybridized carbons (Fsp3) is 0.533. The predicted molar refractivity (Wildman–Crippen MR) is 90.0 cm³/mol. The van der Waals surface area contributed by atoms with Crippen molar-refractivity contribution in [3.63, 3.8) is 0 Å². The molecule has 0 aliphatic heterocycles. The largest absolute Gasteiger partial charge is 0.496 e. The molecule has 1 aliphatic carbocycles. The normalized spacial score (nSPS) is 13.5. The third-order valence-corrected chi connectivity index (χ3v) is 3.98. The van der Waals surface area contributed by atoms with Gasteiger partial charge in [-0.1, -0.05) is 15.9 Å². The maximum Gasteiger partial charge on any atom is 0.236 e. The van der Waals surface area contributed by atoms with Crippen LogP contribution < -0.4 is 10.1 Å².